The fourth-order valence-electron chi connectivity index (χ4n) is 3.13. The molecule has 0 heteroatoms. The van der Waals surface area contributed by atoms with E-state index < -0.39 is 0 Å². The normalized spacial score (nSPS) is 32.1. The fraction of sp³-hybridized carbons (Fsp3) is 1.00. The van der Waals surface area contributed by atoms with Crippen LogP contribution in [0.25, 0.3) is 0 Å². The summed E-state index contributed by atoms with van der Waals surface area (Å²) >= 11 is 0. The summed E-state index contributed by atoms with van der Waals surface area (Å²) in [7, 11) is 0. The summed E-state index contributed by atoms with van der Waals surface area (Å²) in [6.07, 6.45) is 13.3. The van der Waals surface area contributed by atoms with E-state index in [1.807, 2.05) is 0 Å². The average molecular weight is 238 g/mol. The lowest BCUT2D eigenvalue weighted by Gasteiger charge is -2.14. The van der Waals surface area contributed by atoms with Gasteiger partial charge in [0.2, 0.25) is 0 Å². The second kappa shape index (κ2) is 8.16. The van der Waals surface area contributed by atoms with Crippen molar-refractivity contribution in [2.75, 3.05) is 0 Å². The molecule has 0 N–H and O–H groups in total. The molecule has 0 aromatic rings. The molecule has 102 valence electrons. The average Bonchev–Trinajstić information content (AvgIpc) is 2.49. The summed E-state index contributed by atoms with van der Waals surface area (Å²) < 4.78 is 0. The Morgan fingerprint density at radius 2 is 1.53 bits per heavy atom. The molecule has 0 radical (unpaired) electrons. The fourth-order valence-corrected chi connectivity index (χ4v) is 3.13. The first kappa shape index (κ1) is 15.1. The summed E-state index contributed by atoms with van der Waals surface area (Å²) in [5.41, 5.74) is 0. The molecular formula is C17H34. The summed E-state index contributed by atoms with van der Waals surface area (Å²) in [5, 5.41) is 0. The molecule has 0 bridgehead atoms. The van der Waals surface area contributed by atoms with Crippen LogP contribution < -0.4 is 0 Å². The number of hydrogen-bond acceptors (Lipinski definition) is 0. The molecule has 0 nitrogen and oxygen atoms in total. The van der Waals surface area contributed by atoms with Crippen LogP contribution in [0.1, 0.15) is 85.5 Å². The lowest BCUT2D eigenvalue weighted by molar-refractivity contribution is 0.367. The molecule has 0 saturated heterocycles. The lowest BCUT2D eigenvalue weighted by Crippen LogP contribution is -2.04. The second-order valence-corrected chi connectivity index (χ2v) is 6.77. The standard InChI is InChI=1S/C17H34/c1-5-14(2)8-6-7-9-17-12-10-15(3)16(4)11-13-17/h14-17H,5-13H2,1-4H3. The highest BCUT2D eigenvalue weighted by Gasteiger charge is 2.20. The molecule has 0 aliphatic heterocycles. The molecule has 1 rings (SSSR count). The van der Waals surface area contributed by atoms with Crippen molar-refractivity contribution in [1.82, 2.24) is 0 Å². The van der Waals surface area contributed by atoms with Crippen molar-refractivity contribution in [2.24, 2.45) is 23.7 Å². The molecule has 0 aromatic carbocycles. The molecule has 1 saturated carbocycles. The Labute approximate surface area is 110 Å². The molecule has 0 aromatic heterocycles. The largest absolute Gasteiger partial charge is 0.0651 e. The molecule has 0 amide bonds. The Hall–Kier alpha value is 0. The Morgan fingerprint density at radius 3 is 2.06 bits per heavy atom. The van der Waals surface area contributed by atoms with Gasteiger partial charge in [0.1, 0.15) is 0 Å². The highest BCUT2D eigenvalue weighted by Crippen LogP contribution is 2.33. The summed E-state index contributed by atoms with van der Waals surface area (Å²) in [6.45, 7) is 9.62. The first-order valence-corrected chi connectivity index (χ1v) is 8.13. The SMILES string of the molecule is CCC(C)CCCCC1CCC(C)C(C)CC1. The van der Waals surface area contributed by atoms with Gasteiger partial charge in [-0.3, -0.25) is 0 Å². The van der Waals surface area contributed by atoms with Gasteiger partial charge in [-0.15, -0.1) is 0 Å². The highest BCUT2D eigenvalue weighted by atomic mass is 14.3. The van der Waals surface area contributed by atoms with Gasteiger partial charge in [-0.05, 0) is 23.7 Å². The van der Waals surface area contributed by atoms with Gasteiger partial charge in [0.15, 0.2) is 0 Å². The maximum Gasteiger partial charge on any atom is -0.0414 e. The van der Waals surface area contributed by atoms with Gasteiger partial charge < -0.3 is 0 Å². The van der Waals surface area contributed by atoms with E-state index in [0.717, 1.165) is 23.7 Å². The zero-order valence-corrected chi connectivity index (χ0v) is 12.7. The molecule has 0 spiro atoms. The van der Waals surface area contributed by atoms with Crippen molar-refractivity contribution in [1.29, 1.82) is 0 Å². The minimum Gasteiger partial charge on any atom is -0.0651 e. The molecule has 1 fully saturated rings. The van der Waals surface area contributed by atoms with Crippen LogP contribution in [-0.2, 0) is 0 Å². The number of hydrogen-bond donors (Lipinski definition) is 0. The van der Waals surface area contributed by atoms with Crippen LogP contribution in [-0.4, -0.2) is 0 Å². The number of unbranched alkanes of at least 4 members (excludes halogenated alkanes) is 1. The van der Waals surface area contributed by atoms with Gasteiger partial charge in [0.25, 0.3) is 0 Å². The summed E-state index contributed by atoms with van der Waals surface area (Å²) in [4.78, 5) is 0. The first-order valence-electron chi connectivity index (χ1n) is 8.13. The van der Waals surface area contributed by atoms with Crippen LogP contribution in [0.4, 0.5) is 0 Å². The number of rotatable bonds is 6. The summed E-state index contributed by atoms with van der Waals surface area (Å²) in [5.74, 6) is 3.95. The van der Waals surface area contributed by atoms with Gasteiger partial charge in [0, 0.05) is 0 Å². The van der Waals surface area contributed by atoms with Crippen LogP contribution in [0.2, 0.25) is 0 Å². The minimum absolute atomic E-state index is 0.948. The van der Waals surface area contributed by atoms with Crippen molar-refractivity contribution in [3.63, 3.8) is 0 Å². The molecule has 0 heterocycles. The topological polar surface area (TPSA) is 0 Å². The zero-order valence-electron chi connectivity index (χ0n) is 12.7. The van der Waals surface area contributed by atoms with Crippen molar-refractivity contribution >= 4 is 0 Å². The Morgan fingerprint density at radius 1 is 0.941 bits per heavy atom. The molecular weight excluding hydrogens is 204 g/mol. The van der Waals surface area contributed by atoms with E-state index in [4.69, 9.17) is 0 Å². The van der Waals surface area contributed by atoms with Crippen LogP contribution in [0.15, 0.2) is 0 Å². The lowest BCUT2D eigenvalue weighted by atomic mass is 9.92. The third-order valence-corrected chi connectivity index (χ3v) is 5.29. The van der Waals surface area contributed by atoms with E-state index >= 15 is 0 Å². The maximum absolute atomic E-state index is 2.45. The van der Waals surface area contributed by atoms with E-state index in [0.29, 0.717) is 0 Å². The van der Waals surface area contributed by atoms with Crippen LogP contribution in [0, 0.1) is 23.7 Å². The Kier molecular flexibility index (Phi) is 7.23. The van der Waals surface area contributed by atoms with Crippen molar-refractivity contribution in [3.05, 3.63) is 0 Å². The first-order chi connectivity index (χ1) is 8.13. The minimum atomic E-state index is 0.948. The van der Waals surface area contributed by atoms with E-state index in [9.17, 15) is 0 Å². The smallest absolute Gasteiger partial charge is 0.0414 e. The van der Waals surface area contributed by atoms with Crippen molar-refractivity contribution < 1.29 is 0 Å². The van der Waals surface area contributed by atoms with Crippen LogP contribution in [0.3, 0.4) is 0 Å². The molecule has 1 aliphatic rings. The van der Waals surface area contributed by atoms with E-state index in [-0.39, 0.29) is 0 Å². The molecule has 17 heavy (non-hydrogen) atoms. The van der Waals surface area contributed by atoms with E-state index in [2.05, 4.69) is 27.7 Å². The predicted molar refractivity (Wildman–Crippen MR) is 78.2 cm³/mol. The second-order valence-electron chi connectivity index (χ2n) is 6.77. The van der Waals surface area contributed by atoms with Gasteiger partial charge in [-0.25, -0.2) is 0 Å². The molecule has 1 aliphatic carbocycles. The van der Waals surface area contributed by atoms with Gasteiger partial charge >= 0.3 is 0 Å². The van der Waals surface area contributed by atoms with E-state index in [1.165, 1.54) is 57.8 Å². The van der Waals surface area contributed by atoms with Crippen LogP contribution >= 0.6 is 0 Å². The van der Waals surface area contributed by atoms with Gasteiger partial charge in [-0.2, -0.15) is 0 Å². The Bertz CT molecular complexity index is 172. The molecule has 3 unspecified atom stereocenters. The summed E-state index contributed by atoms with van der Waals surface area (Å²) in [6, 6.07) is 0. The zero-order chi connectivity index (χ0) is 12.7. The van der Waals surface area contributed by atoms with E-state index in [1.54, 1.807) is 0 Å². The monoisotopic (exact) mass is 238 g/mol. The quantitative estimate of drug-likeness (QED) is 0.390. The van der Waals surface area contributed by atoms with Gasteiger partial charge in [-0.1, -0.05) is 85.5 Å². The third kappa shape index (κ3) is 5.93. The van der Waals surface area contributed by atoms with Crippen LogP contribution in [0.5, 0.6) is 0 Å². The van der Waals surface area contributed by atoms with Crippen molar-refractivity contribution in [2.45, 2.75) is 85.5 Å². The third-order valence-electron chi connectivity index (χ3n) is 5.29. The van der Waals surface area contributed by atoms with Crippen molar-refractivity contribution in [3.8, 4) is 0 Å². The highest BCUT2D eigenvalue weighted by molar-refractivity contribution is 4.72. The Balaban J connectivity index is 2.11. The molecule has 3 atom stereocenters. The van der Waals surface area contributed by atoms with Gasteiger partial charge in [0.05, 0.1) is 0 Å². The predicted octanol–water partition coefficient (Wildman–Crippen LogP) is 6.06. The maximum atomic E-state index is 2.45.